The monoisotopic (exact) mass is 304 g/mol. The van der Waals surface area contributed by atoms with Crippen molar-refractivity contribution < 1.29 is 19.1 Å². The average molecular weight is 304 g/mol. The number of carbonyl (C=O) groups is 2. The number of esters is 1. The number of rotatable bonds is 3. The van der Waals surface area contributed by atoms with Gasteiger partial charge in [0.1, 0.15) is 5.60 Å². The number of pyridine rings is 1. The second kappa shape index (κ2) is 8.03. The van der Waals surface area contributed by atoms with E-state index in [4.69, 9.17) is 9.47 Å². The number of nitrogens with one attached hydrogen (secondary N) is 1. The number of amides is 1. The van der Waals surface area contributed by atoms with Crippen LogP contribution in [0.1, 0.15) is 43.6 Å². The molecular formula is C16H20N2O4. The molecule has 1 amide bonds. The summed E-state index contributed by atoms with van der Waals surface area (Å²) in [6, 6.07) is 1.59. The van der Waals surface area contributed by atoms with Gasteiger partial charge < -0.3 is 14.8 Å². The van der Waals surface area contributed by atoms with Crippen molar-refractivity contribution in [3.63, 3.8) is 0 Å². The van der Waals surface area contributed by atoms with Crippen LogP contribution in [-0.4, -0.2) is 35.8 Å². The number of hydrogen-bond donors (Lipinski definition) is 1. The van der Waals surface area contributed by atoms with E-state index in [1.165, 1.54) is 12.4 Å². The van der Waals surface area contributed by atoms with Gasteiger partial charge in [-0.3, -0.25) is 4.98 Å². The Bertz CT molecular complexity index is 594. The third kappa shape index (κ3) is 6.75. The van der Waals surface area contributed by atoms with Gasteiger partial charge in [0.15, 0.2) is 0 Å². The molecule has 0 bridgehead atoms. The van der Waals surface area contributed by atoms with E-state index in [0.29, 0.717) is 17.7 Å². The van der Waals surface area contributed by atoms with Gasteiger partial charge in [0.05, 0.1) is 18.7 Å². The molecule has 0 fully saturated rings. The van der Waals surface area contributed by atoms with Crippen LogP contribution in [0, 0.1) is 11.8 Å². The second-order valence-corrected chi connectivity index (χ2v) is 5.34. The van der Waals surface area contributed by atoms with E-state index < -0.39 is 17.7 Å². The zero-order valence-corrected chi connectivity index (χ0v) is 13.2. The highest BCUT2D eigenvalue weighted by Crippen LogP contribution is 2.06. The lowest BCUT2D eigenvalue weighted by atomic mass is 10.2. The number of carbonyl (C=O) groups excluding carboxylic acids is 2. The predicted octanol–water partition coefficient (Wildman–Crippen LogP) is 2.13. The molecule has 118 valence electrons. The van der Waals surface area contributed by atoms with Gasteiger partial charge in [-0.15, -0.1) is 0 Å². The van der Waals surface area contributed by atoms with Crippen molar-refractivity contribution in [2.75, 3.05) is 13.2 Å². The minimum absolute atomic E-state index is 0.137. The molecule has 6 heteroatoms. The maximum absolute atomic E-state index is 11.6. The lowest BCUT2D eigenvalue weighted by Gasteiger charge is -2.18. The normalized spacial score (nSPS) is 10.2. The molecule has 0 atom stereocenters. The van der Waals surface area contributed by atoms with Gasteiger partial charge >= 0.3 is 12.1 Å². The standard InChI is InChI=1S/C16H20N2O4/c1-5-21-14(19)13-9-12(10-17-11-13)7-6-8-18-15(20)22-16(2,3)4/h9-11H,5,8H2,1-4H3,(H,18,20). The first-order valence-electron chi connectivity index (χ1n) is 6.89. The van der Waals surface area contributed by atoms with Crippen molar-refractivity contribution >= 4 is 12.1 Å². The molecule has 1 N–H and O–H groups in total. The van der Waals surface area contributed by atoms with Gasteiger partial charge in [0.2, 0.25) is 0 Å². The molecule has 1 rings (SSSR count). The highest BCUT2D eigenvalue weighted by molar-refractivity contribution is 5.89. The third-order valence-electron chi connectivity index (χ3n) is 2.20. The summed E-state index contributed by atoms with van der Waals surface area (Å²) < 4.78 is 9.96. The molecule has 0 aliphatic carbocycles. The molecule has 0 aromatic carbocycles. The van der Waals surface area contributed by atoms with Gasteiger partial charge in [-0.25, -0.2) is 9.59 Å². The van der Waals surface area contributed by atoms with Crippen LogP contribution in [0.25, 0.3) is 0 Å². The quantitative estimate of drug-likeness (QED) is 0.684. The second-order valence-electron chi connectivity index (χ2n) is 5.34. The van der Waals surface area contributed by atoms with Crippen LogP contribution in [0.5, 0.6) is 0 Å². The molecular weight excluding hydrogens is 284 g/mol. The number of hydrogen-bond acceptors (Lipinski definition) is 5. The van der Waals surface area contributed by atoms with E-state index in [9.17, 15) is 9.59 Å². The highest BCUT2D eigenvalue weighted by atomic mass is 16.6. The van der Waals surface area contributed by atoms with E-state index in [1.54, 1.807) is 33.8 Å². The fourth-order valence-corrected chi connectivity index (χ4v) is 1.41. The third-order valence-corrected chi connectivity index (χ3v) is 2.20. The molecule has 0 aliphatic rings. The SMILES string of the molecule is CCOC(=O)c1cncc(C#CCNC(=O)OC(C)(C)C)c1. The first-order valence-corrected chi connectivity index (χ1v) is 6.89. The van der Waals surface area contributed by atoms with E-state index in [2.05, 4.69) is 22.1 Å². The summed E-state index contributed by atoms with van der Waals surface area (Å²) in [6.07, 6.45) is 2.42. The van der Waals surface area contributed by atoms with Gasteiger partial charge in [0.25, 0.3) is 0 Å². The number of nitrogens with zero attached hydrogens (tertiary/aromatic N) is 1. The minimum atomic E-state index is -0.546. The molecule has 0 saturated carbocycles. The Morgan fingerprint density at radius 3 is 2.68 bits per heavy atom. The molecule has 6 nitrogen and oxygen atoms in total. The summed E-state index contributed by atoms with van der Waals surface area (Å²) in [7, 11) is 0. The largest absolute Gasteiger partial charge is 0.462 e. The van der Waals surface area contributed by atoms with Crippen LogP contribution in [0.4, 0.5) is 4.79 Å². The highest BCUT2D eigenvalue weighted by Gasteiger charge is 2.15. The Morgan fingerprint density at radius 1 is 1.32 bits per heavy atom. The average Bonchev–Trinajstić information content (AvgIpc) is 2.42. The maximum Gasteiger partial charge on any atom is 0.408 e. The molecule has 1 aromatic heterocycles. The van der Waals surface area contributed by atoms with Crippen LogP contribution in [0.3, 0.4) is 0 Å². The van der Waals surface area contributed by atoms with E-state index in [1.807, 2.05) is 0 Å². The van der Waals surface area contributed by atoms with Crippen LogP contribution in [0.15, 0.2) is 18.5 Å². The maximum atomic E-state index is 11.6. The molecule has 1 heterocycles. The number of aromatic nitrogens is 1. The van der Waals surface area contributed by atoms with Gasteiger partial charge in [-0.1, -0.05) is 11.8 Å². The fourth-order valence-electron chi connectivity index (χ4n) is 1.41. The van der Waals surface area contributed by atoms with E-state index in [-0.39, 0.29) is 6.54 Å². The Balaban J connectivity index is 2.56. The van der Waals surface area contributed by atoms with Crippen LogP contribution in [-0.2, 0) is 9.47 Å². The summed E-state index contributed by atoms with van der Waals surface area (Å²) in [5.74, 6) is 5.13. The van der Waals surface area contributed by atoms with Crippen LogP contribution in [0.2, 0.25) is 0 Å². The van der Waals surface area contributed by atoms with Gasteiger partial charge in [-0.2, -0.15) is 0 Å². The van der Waals surface area contributed by atoms with Crippen molar-refractivity contribution in [2.24, 2.45) is 0 Å². The Kier molecular flexibility index (Phi) is 6.39. The Hall–Kier alpha value is -2.55. The summed E-state index contributed by atoms with van der Waals surface area (Å²) in [6.45, 7) is 7.52. The van der Waals surface area contributed by atoms with Crippen molar-refractivity contribution in [3.05, 3.63) is 29.6 Å². The molecule has 0 spiro atoms. The van der Waals surface area contributed by atoms with Crippen LogP contribution >= 0.6 is 0 Å². The lowest BCUT2D eigenvalue weighted by molar-refractivity contribution is 0.0519. The zero-order chi connectivity index (χ0) is 16.6. The van der Waals surface area contributed by atoms with Crippen LogP contribution < -0.4 is 5.32 Å². The Labute approximate surface area is 130 Å². The summed E-state index contributed by atoms with van der Waals surface area (Å²) in [5, 5.41) is 2.52. The smallest absolute Gasteiger partial charge is 0.408 e. The molecule has 22 heavy (non-hydrogen) atoms. The van der Waals surface area contributed by atoms with Gasteiger partial charge in [0, 0.05) is 18.0 Å². The van der Waals surface area contributed by atoms with Gasteiger partial charge in [-0.05, 0) is 33.8 Å². The van der Waals surface area contributed by atoms with Crippen molar-refractivity contribution in [3.8, 4) is 11.8 Å². The molecule has 0 saturated heterocycles. The minimum Gasteiger partial charge on any atom is -0.462 e. The first-order chi connectivity index (χ1) is 10.3. The number of ether oxygens (including phenoxy) is 2. The van der Waals surface area contributed by atoms with Crippen molar-refractivity contribution in [2.45, 2.75) is 33.3 Å². The van der Waals surface area contributed by atoms with Crippen molar-refractivity contribution in [1.82, 2.24) is 10.3 Å². The number of alkyl carbamates (subject to hydrolysis) is 1. The molecule has 0 aliphatic heterocycles. The van der Waals surface area contributed by atoms with Crippen molar-refractivity contribution in [1.29, 1.82) is 0 Å². The van der Waals surface area contributed by atoms with E-state index in [0.717, 1.165) is 0 Å². The lowest BCUT2D eigenvalue weighted by Crippen LogP contribution is -2.32. The molecule has 0 unspecified atom stereocenters. The molecule has 0 radical (unpaired) electrons. The van der Waals surface area contributed by atoms with E-state index >= 15 is 0 Å². The Morgan fingerprint density at radius 2 is 2.05 bits per heavy atom. The topological polar surface area (TPSA) is 77.5 Å². The fraction of sp³-hybridized carbons (Fsp3) is 0.438. The molecule has 1 aromatic rings. The summed E-state index contributed by atoms with van der Waals surface area (Å²) in [5.41, 5.74) is 0.361. The first kappa shape index (κ1) is 17.5. The predicted molar refractivity (Wildman–Crippen MR) is 81.3 cm³/mol. The summed E-state index contributed by atoms with van der Waals surface area (Å²) in [4.78, 5) is 26.9. The zero-order valence-electron chi connectivity index (χ0n) is 13.2. The summed E-state index contributed by atoms with van der Waals surface area (Å²) >= 11 is 0.